The van der Waals surface area contributed by atoms with Crippen molar-refractivity contribution in [1.29, 1.82) is 0 Å². The summed E-state index contributed by atoms with van der Waals surface area (Å²) in [6.45, 7) is 3.55. The van der Waals surface area contributed by atoms with Crippen molar-refractivity contribution in [2.45, 2.75) is 19.4 Å². The first-order chi connectivity index (χ1) is 9.72. The smallest absolute Gasteiger partial charge is 0.271 e. The first-order valence-corrected chi connectivity index (χ1v) is 7.34. The summed E-state index contributed by atoms with van der Waals surface area (Å²) in [6.07, 6.45) is 5.84. The molecule has 0 aliphatic carbocycles. The molecule has 6 nitrogen and oxygen atoms in total. The van der Waals surface area contributed by atoms with Crippen molar-refractivity contribution in [2.24, 2.45) is 0 Å². The Kier molecular flexibility index (Phi) is 3.60. The molecule has 20 heavy (non-hydrogen) atoms. The van der Waals surface area contributed by atoms with Crippen molar-refractivity contribution >= 4 is 22.4 Å². The van der Waals surface area contributed by atoms with Crippen LogP contribution in [0.3, 0.4) is 0 Å². The quantitative estimate of drug-likeness (QED) is 0.921. The molecule has 0 radical (unpaired) electrons. The molecule has 3 rings (SSSR count). The van der Waals surface area contributed by atoms with Gasteiger partial charge < -0.3 is 10.2 Å². The SMILES string of the molecule is Cc1cnc(C(=O)N[C@@H]2CCN(c3nccs3)C2)cn1. The first-order valence-electron chi connectivity index (χ1n) is 6.46. The van der Waals surface area contributed by atoms with Gasteiger partial charge in [-0.2, -0.15) is 0 Å². The molecule has 0 spiro atoms. The van der Waals surface area contributed by atoms with E-state index in [9.17, 15) is 4.79 Å². The van der Waals surface area contributed by atoms with Crippen LogP contribution in [0.2, 0.25) is 0 Å². The predicted molar refractivity (Wildman–Crippen MR) is 77.0 cm³/mol. The van der Waals surface area contributed by atoms with Crippen LogP contribution < -0.4 is 10.2 Å². The maximum atomic E-state index is 12.1. The molecule has 1 N–H and O–H groups in total. The van der Waals surface area contributed by atoms with Gasteiger partial charge in [-0.05, 0) is 13.3 Å². The first kappa shape index (κ1) is 13.0. The van der Waals surface area contributed by atoms with E-state index in [-0.39, 0.29) is 11.9 Å². The number of nitrogens with zero attached hydrogens (tertiary/aromatic N) is 4. The van der Waals surface area contributed by atoms with Crippen molar-refractivity contribution in [1.82, 2.24) is 20.3 Å². The van der Waals surface area contributed by atoms with E-state index in [1.807, 2.05) is 12.3 Å². The number of hydrogen-bond acceptors (Lipinski definition) is 6. The van der Waals surface area contributed by atoms with E-state index in [0.717, 1.165) is 30.3 Å². The van der Waals surface area contributed by atoms with Gasteiger partial charge in [0, 0.05) is 36.9 Å². The maximum absolute atomic E-state index is 12.1. The third kappa shape index (κ3) is 2.77. The monoisotopic (exact) mass is 289 g/mol. The number of aryl methyl sites for hydroxylation is 1. The molecule has 104 valence electrons. The van der Waals surface area contributed by atoms with Crippen LogP contribution in [0.15, 0.2) is 24.0 Å². The standard InChI is InChI=1S/C13H15N5OS/c1-9-6-16-11(7-15-9)12(19)17-10-2-4-18(8-10)13-14-3-5-20-13/h3,5-7,10H,2,4,8H2,1H3,(H,17,19)/t10-/m1/s1. The lowest BCUT2D eigenvalue weighted by atomic mass is 10.2. The second-order valence-electron chi connectivity index (χ2n) is 4.76. The summed E-state index contributed by atoms with van der Waals surface area (Å²) in [5.41, 5.74) is 1.17. The minimum absolute atomic E-state index is 0.134. The molecule has 2 aromatic rings. The van der Waals surface area contributed by atoms with Crippen LogP contribution in [0, 0.1) is 6.92 Å². The average Bonchev–Trinajstić information content (AvgIpc) is 3.09. The summed E-state index contributed by atoms with van der Waals surface area (Å²) in [5, 5.41) is 5.97. The summed E-state index contributed by atoms with van der Waals surface area (Å²) in [7, 11) is 0. The van der Waals surface area contributed by atoms with Crippen LogP contribution in [-0.4, -0.2) is 40.0 Å². The number of anilines is 1. The number of thiazole rings is 1. The second kappa shape index (κ2) is 5.54. The van der Waals surface area contributed by atoms with Gasteiger partial charge in [-0.25, -0.2) is 9.97 Å². The lowest BCUT2D eigenvalue weighted by Gasteiger charge is -2.15. The van der Waals surface area contributed by atoms with Crippen molar-refractivity contribution in [2.75, 3.05) is 18.0 Å². The molecule has 1 fully saturated rings. The fourth-order valence-corrected chi connectivity index (χ4v) is 2.87. The fourth-order valence-electron chi connectivity index (χ4n) is 2.19. The molecule has 1 aliphatic rings. The van der Waals surface area contributed by atoms with E-state index >= 15 is 0 Å². The van der Waals surface area contributed by atoms with Gasteiger partial charge in [-0.1, -0.05) is 0 Å². The molecular formula is C13H15N5OS. The fraction of sp³-hybridized carbons (Fsp3) is 0.385. The molecule has 0 bridgehead atoms. The van der Waals surface area contributed by atoms with Crippen molar-refractivity contribution in [3.8, 4) is 0 Å². The van der Waals surface area contributed by atoms with Crippen LogP contribution in [-0.2, 0) is 0 Å². The third-order valence-electron chi connectivity index (χ3n) is 3.23. The van der Waals surface area contributed by atoms with Gasteiger partial charge in [0.1, 0.15) is 5.69 Å². The summed E-state index contributed by atoms with van der Waals surface area (Å²) in [5.74, 6) is -0.163. The number of amides is 1. The zero-order valence-corrected chi connectivity index (χ0v) is 11.9. The number of carbonyl (C=O) groups excluding carboxylic acids is 1. The molecule has 0 aromatic carbocycles. The van der Waals surface area contributed by atoms with Crippen molar-refractivity contribution in [3.05, 3.63) is 35.4 Å². The van der Waals surface area contributed by atoms with Gasteiger partial charge in [0.25, 0.3) is 5.91 Å². The molecular weight excluding hydrogens is 274 g/mol. The number of rotatable bonds is 3. The topological polar surface area (TPSA) is 71.0 Å². The summed E-state index contributed by atoms with van der Waals surface area (Å²) in [4.78, 5) is 26.7. The largest absolute Gasteiger partial charge is 0.346 e. The van der Waals surface area contributed by atoms with Crippen molar-refractivity contribution < 1.29 is 4.79 Å². The van der Waals surface area contributed by atoms with E-state index in [4.69, 9.17) is 0 Å². The minimum Gasteiger partial charge on any atom is -0.346 e. The van der Waals surface area contributed by atoms with Gasteiger partial charge in [0.05, 0.1) is 11.9 Å². The summed E-state index contributed by atoms with van der Waals surface area (Å²) < 4.78 is 0. The van der Waals surface area contributed by atoms with Gasteiger partial charge in [0.15, 0.2) is 5.13 Å². The van der Waals surface area contributed by atoms with E-state index < -0.39 is 0 Å². The van der Waals surface area contributed by atoms with E-state index in [0.29, 0.717) is 5.69 Å². The average molecular weight is 289 g/mol. The van der Waals surface area contributed by atoms with Gasteiger partial charge in [0.2, 0.25) is 0 Å². The van der Waals surface area contributed by atoms with Crippen LogP contribution in [0.25, 0.3) is 0 Å². The lowest BCUT2D eigenvalue weighted by molar-refractivity contribution is 0.0935. The van der Waals surface area contributed by atoms with Crippen LogP contribution in [0.4, 0.5) is 5.13 Å². The van der Waals surface area contributed by atoms with Crippen LogP contribution >= 0.6 is 11.3 Å². The molecule has 7 heteroatoms. The highest BCUT2D eigenvalue weighted by Gasteiger charge is 2.25. The van der Waals surface area contributed by atoms with Crippen LogP contribution in [0.1, 0.15) is 22.6 Å². The van der Waals surface area contributed by atoms with E-state index in [1.54, 1.807) is 23.7 Å². The minimum atomic E-state index is -0.163. The van der Waals surface area contributed by atoms with Gasteiger partial charge >= 0.3 is 0 Å². The number of nitrogens with one attached hydrogen (secondary N) is 1. The van der Waals surface area contributed by atoms with Crippen molar-refractivity contribution in [3.63, 3.8) is 0 Å². The lowest BCUT2D eigenvalue weighted by Crippen LogP contribution is -2.37. The predicted octanol–water partition coefficient (Wildman–Crippen LogP) is 1.25. The second-order valence-corrected chi connectivity index (χ2v) is 5.64. The molecule has 1 aliphatic heterocycles. The molecule has 0 unspecified atom stereocenters. The highest BCUT2D eigenvalue weighted by molar-refractivity contribution is 7.13. The number of aromatic nitrogens is 3. The molecule has 1 amide bonds. The Balaban J connectivity index is 1.59. The Hall–Kier alpha value is -2.02. The van der Waals surface area contributed by atoms with E-state index in [2.05, 4.69) is 25.2 Å². The molecule has 0 saturated carbocycles. The Morgan fingerprint density at radius 2 is 2.30 bits per heavy atom. The summed E-state index contributed by atoms with van der Waals surface area (Å²) >= 11 is 1.62. The number of hydrogen-bond donors (Lipinski definition) is 1. The molecule has 1 saturated heterocycles. The molecule has 3 heterocycles. The molecule has 2 aromatic heterocycles. The van der Waals surface area contributed by atoms with Gasteiger partial charge in [-0.15, -0.1) is 11.3 Å². The Bertz CT molecular complexity index is 583. The Morgan fingerprint density at radius 1 is 1.40 bits per heavy atom. The Labute approximate surface area is 120 Å². The zero-order valence-electron chi connectivity index (χ0n) is 11.1. The van der Waals surface area contributed by atoms with Crippen LogP contribution in [0.5, 0.6) is 0 Å². The zero-order chi connectivity index (χ0) is 13.9. The van der Waals surface area contributed by atoms with E-state index in [1.165, 1.54) is 6.20 Å². The third-order valence-corrected chi connectivity index (χ3v) is 4.06. The molecule has 1 atom stereocenters. The van der Waals surface area contributed by atoms with Gasteiger partial charge in [-0.3, -0.25) is 9.78 Å². The highest BCUT2D eigenvalue weighted by atomic mass is 32.1. The normalized spacial score (nSPS) is 18.2. The maximum Gasteiger partial charge on any atom is 0.271 e. The highest BCUT2D eigenvalue weighted by Crippen LogP contribution is 2.22. The summed E-state index contributed by atoms with van der Waals surface area (Å²) in [6, 6.07) is 0.134. The Morgan fingerprint density at radius 3 is 3.00 bits per heavy atom. The number of carbonyl (C=O) groups is 1.